The van der Waals surface area contributed by atoms with Crippen molar-refractivity contribution in [2.45, 2.75) is 64.1 Å². The molecule has 0 saturated carbocycles. The number of nitrogens with one attached hydrogen (secondary N) is 4. The van der Waals surface area contributed by atoms with Crippen LogP contribution in [0.2, 0.25) is 0 Å². The number of carbonyl (C=O) groups excluding carboxylic acids is 1. The minimum atomic E-state index is -0.394. The fourth-order valence-corrected chi connectivity index (χ4v) is 6.33. The Balaban J connectivity index is 1.14. The molecule has 6 rings (SSSR count). The molecule has 5 N–H and O–H groups in total. The molecule has 2 aliphatic rings. The number of piperidine rings is 1. The molecule has 2 aromatic carbocycles. The summed E-state index contributed by atoms with van der Waals surface area (Å²) in [6, 6.07) is 18.9. The number of aliphatic hydroxyl groups is 1. The van der Waals surface area contributed by atoms with Crippen LogP contribution in [0.5, 0.6) is 11.5 Å². The number of hydrogen-bond donors (Lipinski definition) is 5. The minimum absolute atomic E-state index is 0.0905. The number of nitrogens with zero attached hydrogens (tertiary/aromatic N) is 4. The van der Waals surface area contributed by atoms with Crippen molar-refractivity contribution in [2.24, 2.45) is 0 Å². The highest BCUT2D eigenvalue weighted by atomic mass is 16.5. The number of fused-ring (bicyclic) bond motifs is 2. The second-order valence-corrected chi connectivity index (χ2v) is 12.1. The Morgan fingerprint density at radius 1 is 1.04 bits per heavy atom. The van der Waals surface area contributed by atoms with E-state index in [0.29, 0.717) is 36.1 Å². The van der Waals surface area contributed by atoms with E-state index in [-0.39, 0.29) is 31.1 Å². The molecule has 3 atom stereocenters. The summed E-state index contributed by atoms with van der Waals surface area (Å²) in [6.07, 6.45) is 8.25. The van der Waals surface area contributed by atoms with E-state index in [9.17, 15) is 4.79 Å². The number of allylic oxidation sites excluding steroid dienone is 1. The third-order valence-electron chi connectivity index (χ3n) is 8.52. The van der Waals surface area contributed by atoms with E-state index in [1.807, 2.05) is 47.0 Å². The van der Waals surface area contributed by atoms with E-state index in [0.717, 1.165) is 47.9 Å². The van der Waals surface area contributed by atoms with E-state index >= 15 is 0 Å². The normalized spacial score (nSPS) is 19.5. The van der Waals surface area contributed by atoms with Gasteiger partial charge < -0.3 is 35.5 Å². The highest BCUT2D eigenvalue weighted by Crippen LogP contribution is 2.39. The van der Waals surface area contributed by atoms with Gasteiger partial charge in [-0.3, -0.25) is 9.72 Å². The highest BCUT2D eigenvalue weighted by Gasteiger charge is 2.30. The third-order valence-corrected chi connectivity index (χ3v) is 8.52. The van der Waals surface area contributed by atoms with E-state index in [1.54, 1.807) is 31.2 Å². The van der Waals surface area contributed by atoms with Gasteiger partial charge in [0, 0.05) is 30.1 Å². The van der Waals surface area contributed by atoms with Gasteiger partial charge in [0.25, 0.3) is 0 Å². The topological polar surface area (TPSA) is 149 Å². The first-order valence-corrected chi connectivity index (χ1v) is 16.2. The zero-order valence-corrected chi connectivity index (χ0v) is 26.8. The monoisotopic (exact) mass is 638 g/mol. The maximum Gasteiger partial charge on any atom is 0.320 e. The lowest BCUT2D eigenvalue weighted by atomic mass is 9.85. The summed E-state index contributed by atoms with van der Waals surface area (Å²) >= 11 is 0. The number of rotatable bonds is 11. The molecule has 12 nitrogen and oxygen atoms in total. The molecule has 47 heavy (non-hydrogen) atoms. The maximum absolute atomic E-state index is 13.3. The first-order chi connectivity index (χ1) is 22.9. The molecule has 0 bridgehead atoms. The van der Waals surface area contributed by atoms with E-state index in [4.69, 9.17) is 20.0 Å². The number of anilines is 2. The van der Waals surface area contributed by atoms with Crippen LogP contribution in [0, 0.1) is 5.41 Å². The van der Waals surface area contributed by atoms with Crippen LogP contribution in [0.3, 0.4) is 0 Å². The molecule has 1 aliphatic heterocycles. The molecule has 1 fully saturated rings. The Kier molecular flexibility index (Phi) is 9.86. The van der Waals surface area contributed by atoms with Gasteiger partial charge >= 0.3 is 6.03 Å². The average molecular weight is 639 g/mol. The largest absolute Gasteiger partial charge is 0.491 e. The van der Waals surface area contributed by atoms with Gasteiger partial charge in [0.05, 0.1) is 18.8 Å². The number of urea groups is 1. The van der Waals surface area contributed by atoms with Crippen molar-refractivity contribution in [3.05, 3.63) is 89.9 Å². The van der Waals surface area contributed by atoms with Crippen LogP contribution >= 0.6 is 0 Å². The lowest BCUT2D eigenvalue weighted by molar-refractivity contribution is 0.171. The highest BCUT2D eigenvalue weighted by molar-refractivity contribution is 5.92. The van der Waals surface area contributed by atoms with Gasteiger partial charge in [-0.2, -0.15) is 0 Å². The molecule has 4 aromatic rings. The van der Waals surface area contributed by atoms with Crippen LogP contribution in [0.4, 0.5) is 16.4 Å². The van der Waals surface area contributed by atoms with Gasteiger partial charge in [0.2, 0.25) is 5.95 Å². The summed E-state index contributed by atoms with van der Waals surface area (Å²) < 4.78 is 14.1. The van der Waals surface area contributed by atoms with E-state index < -0.39 is 6.03 Å². The van der Waals surface area contributed by atoms with Gasteiger partial charge in [-0.1, -0.05) is 30.3 Å². The van der Waals surface area contributed by atoms with Crippen LogP contribution in [-0.4, -0.2) is 57.2 Å². The smallest absolute Gasteiger partial charge is 0.320 e. The second kappa shape index (κ2) is 14.5. The first kappa shape index (κ1) is 31.9. The number of benzene rings is 2. The number of carbonyl (C=O) groups is 1. The third kappa shape index (κ3) is 7.66. The molecule has 12 heteroatoms. The Morgan fingerprint density at radius 2 is 1.89 bits per heavy atom. The molecular formula is C35H42N8O4. The molecule has 0 radical (unpaired) electrons. The van der Waals surface area contributed by atoms with Crippen LogP contribution < -0.4 is 30.3 Å². The fourth-order valence-electron chi connectivity index (χ4n) is 6.33. The van der Waals surface area contributed by atoms with Crippen LogP contribution in [0.25, 0.3) is 5.65 Å². The van der Waals surface area contributed by atoms with Crippen LogP contribution in [-0.2, 0) is 0 Å². The second-order valence-electron chi connectivity index (χ2n) is 12.1. The SMILES string of the molecule is CC(=N)/C=C(/NC(=O)N[C@H]1CC[C@@H](Oc2ccc3nnc(N4CCCC[C@@H]4C)n3c2)c2ccccc21)Nc1cccc(OCCO)c1. The maximum atomic E-state index is 13.3. The number of ether oxygens (including phenoxy) is 2. The van der Waals surface area contributed by atoms with Crippen molar-refractivity contribution in [2.75, 3.05) is 30.0 Å². The summed E-state index contributed by atoms with van der Waals surface area (Å²) in [5.74, 6) is 2.51. The number of pyridine rings is 1. The predicted octanol–water partition coefficient (Wildman–Crippen LogP) is 5.73. The average Bonchev–Trinajstić information content (AvgIpc) is 3.48. The van der Waals surface area contributed by atoms with Gasteiger partial charge in [-0.05, 0) is 87.4 Å². The predicted molar refractivity (Wildman–Crippen MR) is 181 cm³/mol. The Hall–Kier alpha value is -5.10. The molecule has 1 aliphatic carbocycles. The lowest BCUT2D eigenvalue weighted by Gasteiger charge is -2.33. The van der Waals surface area contributed by atoms with Gasteiger partial charge in [-0.25, -0.2) is 4.79 Å². The molecule has 1 saturated heterocycles. The Morgan fingerprint density at radius 3 is 2.70 bits per heavy atom. The van der Waals surface area contributed by atoms with E-state index in [1.165, 1.54) is 6.42 Å². The standard InChI is InChI=1S/C35H42N8O4/c1-23(36)20-32(37-25-9-7-10-26(21-25)46-19-18-44)39-34(45)38-30-14-15-31(29-12-4-3-11-28(29)30)47-27-13-16-33-40-41-35(43(33)22-27)42-17-6-5-8-24(42)2/h3-4,7,9-13,16,20-22,24,30-31,36-37,44H,5-6,8,14-15,17-19H2,1-2H3,(H2,38,39,45)/b32-20+,36-23?/t24-,30-,31+/m0/s1. The zero-order valence-electron chi connectivity index (χ0n) is 26.8. The Labute approximate surface area is 274 Å². The van der Waals surface area contributed by atoms with E-state index in [2.05, 4.69) is 44.0 Å². The summed E-state index contributed by atoms with van der Waals surface area (Å²) in [4.78, 5) is 15.6. The van der Waals surface area contributed by atoms with Crippen molar-refractivity contribution in [3.8, 4) is 11.5 Å². The quantitative estimate of drug-likeness (QED) is 0.131. The lowest BCUT2D eigenvalue weighted by Crippen LogP contribution is -2.40. The number of hydrogen-bond acceptors (Lipinski definition) is 9. The fraction of sp³-hybridized carbons (Fsp3) is 0.371. The molecule has 2 amide bonds. The summed E-state index contributed by atoms with van der Waals surface area (Å²) in [7, 11) is 0. The van der Waals surface area contributed by atoms with Crippen molar-refractivity contribution in [1.82, 2.24) is 25.2 Å². The number of amides is 2. The molecule has 246 valence electrons. The number of aromatic nitrogens is 3. The van der Waals surface area contributed by atoms with Crippen molar-refractivity contribution in [1.29, 1.82) is 5.41 Å². The van der Waals surface area contributed by atoms with Crippen molar-refractivity contribution >= 4 is 29.0 Å². The molecule has 2 aromatic heterocycles. The Bertz CT molecular complexity index is 1750. The van der Waals surface area contributed by atoms with Gasteiger partial charge in [0.1, 0.15) is 30.0 Å². The van der Waals surface area contributed by atoms with Crippen LogP contribution in [0.1, 0.15) is 69.2 Å². The summed E-state index contributed by atoms with van der Waals surface area (Å²) in [5.41, 5.74) is 3.75. The minimum Gasteiger partial charge on any atom is -0.491 e. The van der Waals surface area contributed by atoms with Crippen LogP contribution in [0.15, 0.2) is 78.8 Å². The molecule has 0 unspecified atom stereocenters. The van der Waals surface area contributed by atoms with Gasteiger partial charge in [0.15, 0.2) is 5.65 Å². The molecule has 3 heterocycles. The van der Waals surface area contributed by atoms with Crippen molar-refractivity contribution < 1.29 is 19.4 Å². The molecular weight excluding hydrogens is 596 g/mol. The first-order valence-electron chi connectivity index (χ1n) is 16.2. The number of aliphatic hydroxyl groups excluding tert-OH is 1. The molecule has 0 spiro atoms. The summed E-state index contributed by atoms with van der Waals surface area (Å²) in [5, 5.41) is 35.1. The summed E-state index contributed by atoms with van der Waals surface area (Å²) in [6.45, 7) is 4.93. The van der Waals surface area contributed by atoms with Gasteiger partial charge in [-0.15, -0.1) is 10.2 Å². The van der Waals surface area contributed by atoms with Crippen molar-refractivity contribution in [3.63, 3.8) is 0 Å². The zero-order chi connectivity index (χ0) is 32.8.